The molecule has 0 spiro atoms. The van der Waals surface area contributed by atoms with Crippen molar-refractivity contribution in [3.05, 3.63) is 0 Å². The summed E-state index contributed by atoms with van der Waals surface area (Å²) in [7, 11) is 0. The van der Waals surface area contributed by atoms with E-state index in [2.05, 4.69) is 0 Å². The molecule has 0 heterocycles. The zero-order valence-electron chi connectivity index (χ0n) is 0.878. The molecule has 0 unspecified atom stereocenters. The Kier molecular flexibility index (Phi) is 267. The van der Waals surface area contributed by atoms with Crippen LogP contribution in [0.3, 0.4) is 0 Å². The summed E-state index contributed by atoms with van der Waals surface area (Å²) in [6, 6.07) is 0. The van der Waals surface area contributed by atoms with E-state index in [9.17, 15) is 0 Å². The van der Waals surface area contributed by atoms with E-state index in [1.807, 2.05) is 0 Å². The molecule has 0 aromatic rings. The molecule has 2 N–H and O–H groups in total. The van der Waals surface area contributed by atoms with E-state index >= 15 is 0 Å². The van der Waals surface area contributed by atoms with Crippen molar-refractivity contribution in [2.24, 2.45) is 0 Å². The SMILES string of the molecule is O.[AlH3].[LiH].[Mn]. The van der Waals surface area contributed by atoms with Gasteiger partial charge < -0.3 is 5.48 Å². The first-order chi connectivity index (χ1) is 0. The van der Waals surface area contributed by atoms with Crippen molar-refractivity contribution >= 4 is 36.2 Å². The van der Waals surface area contributed by atoms with Gasteiger partial charge in [-0.15, -0.1) is 0 Å². The Morgan fingerprint density at radius 3 is 1.00 bits per heavy atom. The fourth-order valence-electron chi connectivity index (χ4n) is 0. The molecular weight excluding hydrogens is 105 g/mol. The topological polar surface area (TPSA) is 31.5 Å². The fraction of sp³-hybridized carbons (Fsp3) is 0. The molecule has 0 aromatic heterocycles. The minimum atomic E-state index is 0. The van der Waals surface area contributed by atoms with Gasteiger partial charge in [-0.1, -0.05) is 0 Å². The van der Waals surface area contributed by atoms with Crippen molar-refractivity contribution in [3.8, 4) is 0 Å². The van der Waals surface area contributed by atoms with E-state index < -0.39 is 0 Å². The second kappa shape index (κ2) is 23.2. The first-order valence-electron chi connectivity index (χ1n) is 0. The molecular formula is H6AlLiMnO. The third kappa shape index (κ3) is 9.49. The van der Waals surface area contributed by atoms with E-state index in [1.54, 1.807) is 0 Å². The molecule has 1 nitrogen and oxygen atoms in total. The van der Waals surface area contributed by atoms with Crippen LogP contribution in [0.5, 0.6) is 0 Å². The van der Waals surface area contributed by atoms with Crippen molar-refractivity contribution in [1.82, 2.24) is 0 Å². The molecule has 0 fully saturated rings. The molecule has 1 radical (unpaired) electrons. The van der Waals surface area contributed by atoms with Crippen molar-refractivity contribution in [2.75, 3.05) is 0 Å². The first kappa shape index (κ1) is 46.0. The first-order valence-corrected chi connectivity index (χ1v) is 0. The number of hydrogen-bond acceptors (Lipinski definition) is 0. The van der Waals surface area contributed by atoms with Crippen LogP contribution in [0, 0.1) is 0 Å². The normalized spacial score (nSPS) is 0. The molecule has 4 heteroatoms. The summed E-state index contributed by atoms with van der Waals surface area (Å²) in [4.78, 5) is 0. The largest absolute Gasteiger partial charge is 0 e. The van der Waals surface area contributed by atoms with Gasteiger partial charge in [0.15, 0.2) is 17.4 Å². The summed E-state index contributed by atoms with van der Waals surface area (Å²) in [6.45, 7) is 0. The van der Waals surface area contributed by atoms with Crippen LogP contribution in [-0.4, -0.2) is 41.7 Å². The van der Waals surface area contributed by atoms with Crippen LogP contribution >= 0.6 is 0 Å². The molecule has 0 aliphatic rings. The van der Waals surface area contributed by atoms with E-state index in [-0.39, 0.29) is 58.8 Å². The van der Waals surface area contributed by atoms with Gasteiger partial charge >= 0.3 is 18.9 Å². The van der Waals surface area contributed by atoms with Crippen molar-refractivity contribution in [3.63, 3.8) is 0 Å². The van der Waals surface area contributed by atoms with E-state index in [1.165, 1.54) is 0 Å². The Balaban J connectivity index is 0. The summed E-state index contributed by atoms with van der Waals surface area (Å²) >= 11 is 0. The van der Waals surface area contributed by atoms with Gasteiger partial charge in [0.05, 0.1) is 0 Å². The predicted molar refractivity (Wildman–Crippen MR) is 20.7 cm³/mol. The molecule has 0 aliphatic carbocycles. The Morgan fingerprint density at radius 1 is 1.00 bits per heavy atom. The molecule has 0 saturated heterocycles. The Hall–Kier alpha value is 1.61. The maximum atomic E-state index is 0. The summed E-state index contributed by atoms with van der Waals surface area (Å²) < 4.78 is 0. The Morgan fingerprint density at radius 2 is 1.00 bits per heavy atom. The quantitative estimate of drug-likeness (QED) is 0.305. The maximum Gasteiger partial charge on any atom is 0 e. The predicted octanol–water partition coefficient (Wildman–Crippen LogP) is -2.66. The van der Waals surface area contributed by atoms with Gasteiger partial charge in [-0.2, -0.15) is 0 Å². The van der Waals surface area contributed by atoms with Gasteiger partial charge in [0.25, 0.3) is 0 Å². The Bertz CT molecular complexity index is 8.00. The van der Waals surface area contributed by atoms with Gasteiger partial charge in [0.1, 0.15) is 0 Å². The molecule has 0 bridgehead atoms. The van der Waals surface area contributed by atoms with E-state index in [4.69, 9.17) is 0 Å². The maximum absolute atomic E-state index is 0. The van der Waals surface area contributed by atoms with Crippen molar-refractivity contribution in [1.29, 1.82) is 0 Å². The van der Waals surface area contributed by atoms with Gasteiger partial charge in [-0.05, 0) is 0 Å². The third-order valence-electron chi connectivity index (χ3n) is 0. The van der Waals surface area contributed by atoms with E-state index in [0.29, 0.717) is 0 Å². The van der Waals surface area contributed by atoms with Gasteiger partial charge in [0, 0.05) is 17.1 Å². The van der Waals surface area contributed by atoms with Crippen LogP contribution in [0.4, 0.5) is 0 Å². The molecule has 0 aromatic carbocycles. The summed E-state index contributed by atoms with van der Waals surface area (Å²) in [5.74, 6) is 0. The number of rotatable bonds is 0. The molecule has 0 amide bonds. The van der Waals surface area contributed by atoms with Crippen molar-refractivity contribution in [2.45, 2.75) is 0 Å². The monoisotopic (exact) mass is 111 g/mol. The Labute approximate surface area is 58.6 Å². The summed E-state index contributed by atoms with van der Waals surface area (Å²) in [5.41, 5.74) is 0. The summed E-state index contributed by atoms with van der Waals surface area (Å²) in [6.07, 6.45) is 0. The standard InChI is InChI=1S/Al.Li.Mn.H2O.4H/h;;;1H2;;;;. The van der Waals surface area contributed by atoms with Gasteiger partial charge in [-0.25, -0.2) is 0 Å². The van der Waals surface area contributed by atoms with Crippen LogP contribution in [-0.2, 0) is 17.1 Å². The van der Waals surface area contributed by atoms with E-state index in [0.717, 1.165) is 0 Å². The number of hydrogen-bond donors (Lipinski definition) is 0. The average Bonchev–Trinajstić information content (AvgIpc) is 0. The van der Waals surface area contributed by atoms with Gasteiger partial charge in [-0.3, -0.25) is 0 Å². The van der Waals surface area contributed by atoms with Crippen molar-refractivity contribution < 1.29 is 22.5 Å². The van der Waals surface area contributed by atoms with Crippen LogP contribution in [0.2, 0.25) is 0 Å². The molecule has 0 aliphatic heterocycles. The second-order valence-electron chi connectivity index (χ2n) is 0. The molecule has 0 rings (SSSR count). The van der Waals surface area contributed by atoms with Crippen LogP contribution in [0.15, 0.2) is 0 Å². The van der Waals surface area contributed by atoms with Crippen LogP contribution < -0.4 is 0 Å². The molecule has 0 saturated carbocycles. The van der Waals surface area contributed by atoms with Gasteiger partial charge in [0.2, 0.25) is 0 Å². The van der Waals surface area contributed by atoms with Crippen LogP contribution in [0.25, 0.3) is 0 Å². The smallest absolute Gasteiger partial charge is 0 e. The molecule has 23 valence electrons. The minimum Gasteiger partial charge on any atom is 0 e. The minimum absolute atomic E-state index is 0. The zero-order chi connectivity index (χ0) is 0. The summed E-state index contributed by atoms with van der Waals surface area (Å²) in [5, 5.41) is 0. The third-order valence-corrected chi connectivity index (χ3v) is 0. The second-order valence-corrected chi connectivity index (χ2v) is 0. The van der Waals surface area contributed by atoms with Crippen LogP contribution in [0.1, 0.15) is 0 Å². The average molecular weight is 111 g/mol. The molecule has 0 atom stereocenters. The zero-order valence-corrected chi connectivity index (χ0v) is 2.06. The molecule has 4 heavy (non-hydrogen) atoms. The fourth-order valence-corrected chi connectivity index (χ4v) is 0.